The van der Waals surface area contributed by atoms with Gasteiger partial charge in [0.1, 0.15) is 0 Å². The fourth-order valence-corrected chi connectivity index (χ4v) is 3.22. The van der Waals surface area contributed by atoms with E-state index in [0.717, 1.165) is 19.5 Å². The van der Waals surface area contributed by atoms with Crippen molar-refractivity contribution in [2.75, 3.05) is 83.2 Å². The molecule has 0 unspecified atom stereocenters. The molecule has 6 nitrogen and oxygen atoms in total. The molecular weight excluding hydrogens is 392 g/mol. The molecule has 2 aromatic carbocycles. The predicted octanol–water partition coefficient (Wildman–Crippen LogP) is 3.21. The van der Waals surface area contributed by atoms with Gasteiger partial charge < -0.3 is 29.1 Å². The van der Waals surface area contributed by atoms with Crippen LogP contribution in [0.3, 0.4) is 0 Å². The summed E-state index contributed by atoms with van der Waals surface area (Å²) in [5.41, 5.74) is 5.07. The Morgan fingerprint density at radius 1 is 0.677 bits per heavy atom. The van der Waals surface area contributed by atoms with Crippen molar-refractivity contribution in [3.8, 4) is 0 Å². The Bertz CT molecular complexity index is 704. The van der Waals surface area contributed by atoms with Crippen LogP contribution in [-0.4, -0.2) is 78.5 Å². The van der Waals surface area contributed by atoms with Crippen LogP contribution in [0.4, 0.5) is 11.4 Å². The minimum Gasteiger partial charge on any atom is -0.394 e. The second-order valence-corrected chi connectivity index (χ2v) is 7.54. The number of nitrogens with zero attached hydrogens (tertiary/aromatic N) is 2. The molecule has 0 saturated carbocycles. The molecule has 0 radical (unpaired) electrons. The van der Waals surface area contributed by atoms with Crippen molar-refractivity contribution >= 4 is 11.4 Å². The van der Waals surface area contributed by atoms with E-state index in [1.807, 2.05) is 0 Å². The largest absolute Gasteiger partial charge is 0.394 e. The Morgan fingerprint density at radius 3 is 1.65 bits per heavy atom. The number of rotatable bonds is 16. The number of ether oxygens (including phenoxy) is 3. The first kappa shape index (κ1) is 25.1. The van der Waals surface area contributed by atoms with Gasteiger partial charge in [0.2, 0.25) is 0 Å². The SMILES string of the molecule is CCN(CCOCCOCCOCCO)c1ccc(Cc2ccc(N(C)C)cc2)cc1. The Balaban J connectivity index is 1.68. The third-order valence-electron chi connectivity index (χ3n) is 5.03. The molecule has 0 spiro atoms. The predicted molar refractivity (Wildman–Crippen MR) is 127 cm³/mol. The summed E-state index contributed by atoms with van der Waals surface area (Å²) in [6, 6.07) is 17.6. The van der Waals surface area contributed by atoms with Crippen LogP contribution in [0.1, 0.15) is 18.1 Å². The second kappa shape index (κ2) is 14.8. The zero-order chi connectivity index (χ0) is 22.3. The van der Waals surface area contributed by atoms with Crippen molar-refractivity contribution in [1.82, 2.24) is 0 Å². The van der Waals surface area contributed by atoms with Crippen molar-refractivity contribution < 1.29 is 19.3 Å². The number of aliphatic hydroxyl groups excluding tert-OH is 1. The molecule has 6 heteroatoms. The van der Waals surface area contributed by atoms with Gasteiger partial charge in [-0.2, -0.15) is 0 Å². The summed E-state index contributed by atoms with van der Waals surface area (Å²) in [6.45, 7) is 7.17. The number of benzene rings is 2. The van der Waals surface area contributed by atoms with E-state index in [-0.39, 0.29) is 6.61 Å². The molecule has 0 atom stereocenters. The van der Waals surface area contributed by atoms with E-state index in [4.69, 9.17) is 19.3 Å². The summed E-state index contributed by atoms with van der Waals surface area (Å²) in [6.07, 6.45) is 0.939. The summed E-state index contributed by atoms with van der Waals surface area (Å²) < 4.78 is 16.3. The average Bonchev–Trinajstić information content (AvgIpc) is 2.79. The topological polar surface area (TPSA) is 54.4 Å². The summed E-state index contributed by atoms with van der Waals surface area (Å²) in [5.74, 6) is 0. The van der Waals surface area contributed by atoms with Crippen molar-refractivity contribution in [3.63, 3.8) is 0 Å². The maximum Gasteiger partial charge on any atom is 0.0701 e. The van der Waals surface area contributed by atoms with Crippen molar-refractivity contribution in [3.05, 3.63) is 59.7 Å². The average molecular weight is 431 g/mol. The first-order chi connectivity index (χ1) is 15.1. The lowest BCUT2D eigenvalue weighted by Gasteiger charge is -2.23. The number of hydrogen-bond acceptors (Lipinski definition) is 6. The number of likely N-dealkylation sites (N-methyl/N-ethyl adjacent to an activating group) is 1. The van der Waals surface area contributed by atoms with Gasteiger partial charge in [0.05, 0.1) is 46.2 Å². The van der Waals surface area contributed by atoms with Gasteiger partial charge in [0.25, 0.3) is 0 Å². The monoisotopic (exact) mass is 430 g/mol. The van der Waals surface area contributed by atoms with Gasteiger partial charge in [0, 0.05) is 38.6 Å². The van der Waals surface area contributed by atoms with E-state index in [2.05, 4.69) is 79.3 Å². The molecule has 0 aliphatic rings. The molecule has 0 saturated heterocycles. The Hall–Kier alpha value is -2.12. The van der Waals surface area contributed by atoms with E-state index in [1.54, 1.807) is 0 Å². The van der Waals surface area contributed by atoms with Gasteiger partial charge in [-0.25, -0.2) is 0 Å². The molecular formula is C25H38N2O4. The normalized spacial score (nSPS) is 11.0. The van der Waals surface area contributed by atoms with E-state index in [1.165, 1.54) is 22.5 Å². The highest BCUT2D eigenvalue weighted by Crippen LogP contribution is 2.19. The first-order valence-electron chi connectivity index (χ1n) is 11.1. The van der Waals surface area contributed by atoms with Crippen LogP contribution < -0.4 is 9.80 Å². The van der Waals surface area contributed by atoms with E-state index < -0.39 is 0 Å². The van der Waals surface area contributed by atoms with E-state index in [0.29, 0.717) is 39.6 Å². The summed E-state index contributed by atoms with van der Waals surface area (Å²) in [7, 11) is 4.12. The molecule has 0 aromatic heterocycles. The summed E-state index contributed by atoms with van der Waals surface area (Å²) >= 11 is 0. The maximum absolute atomic E-state index is 8.62. The van der Waals surface area contributed by atoms with Gasteiger partial charge >= 0.3 is 0 Å². The molecule has 2 aromatic rings. The van der Waals surface area contributed by atoms with Gasteiger partial charge in [-0.15, -0.1) is 0 Å². The quantitative estimate of drug-likeness (QED) is 0.413. The number of anilines is 2. The third kappa shape index (κ3) is 9.70. The van der Waals surface area contributed by atoms with Crippen LogP contribution in [-0.2, 0) is 20.6 Å². The summed E-state index contributed by atoms with van der Waals surface area (Å²) in [5, 5.41) is 8.62. The molecule has 31 heavy (non-hydrogen) atoms. The van der Waals surface area contributed by atoms with Crippen LogP contribution in [0, 0.1) is 0 Å². The Kier molecular flexibility index (Phi) is 12.0. The van der Waals surface area contributed by atoms with Gasteiger partial charge in [-0.1, -0.05) is 24.3 Å². The van der Waals surface area contributed by atoms with Crippen LogP contribution in [0.15, 0.2) is 48.5 Å². The lowest BCUT2D eigenvalue weighted by atomic mass is 10.0. The molecule has 0 aliphatic carbocycles. The molecule has 0 aliphatic heterocycles. The van der Waals surface area contributed by atoms with E-state index >= 15 is 0 Å². The molecule has 1 N–H and O–H groups in total. The maximum atomic E-state index is 8.62. The second-order valence-electron chi connectivity index (χ2n) is 7.54. The molecule has 0 heterocycles. The highest BCUT2D eigenvalue weighted by atomic mass is 16.5. The minimum absolute atomic E-state index is 0.0462. The van der Waals surface area contributed by atoms with Gasteiger partial charge in [0.15, 0.2) is 0 Å². The lowest BCUT2D eigenvalue weighted by molar-refractivity contribution is 0.00875. The lowest BCUT2D eigenvalue weighted by Crippen LogP contribution is -2.27. The molecule has 0 amide bonds. The zero-order valence-electron chi connectivity index (χ0n) is 19.3. The van der Waals surface area contributed by atoms with Crippen LogP contribution in [0.2, 0.25) is 0 Å². The number of hydrogen-bond donors (Lipinski definition) is 1. The van der Waals surface area contributed by atoms with Crippen molar-refractivity contribution in [2.45, 2.75) is 13.3 Å². The fraction of sp³-hybridized carbons (Fsp3) is 0.520. The van der Waals surface area contributed by atoms with Gasteiger partial charge in [-0.05, 0) is 48.7 Å². The standard InChI is InChI=1S/C25H38N2O4/c1-4-27(13-15-29-17-19-31-20-18-30-16-14-28)25-11-7-23(8-12-25)21-22-5-9-24(10-6-22)26(2)3/h5-12,28H,4,13-21H2,1-3H3. The van der Waals surface area contributed by atoms with E-state index in [9.17, 15) is 0 Å². The third-order valence-corrected chi connectivity index (χ3v) is 5.03. The molecule has 172 valence electrons. The van der Waals surface area contributed by atoms with Gasteiger partial charge in [-0.3, -0.25) is 0 Å². The smallest absolute Gasteiger partial charge is 0.0701 e. The Morgan fingerprint density at radius 2 is 1.16 bits per heavy atom. The first-order valence-corrected chi connectivity index (χ1v) is 11.1. The number of aliphatic hydroxyl groups is 1. The molecule has 2 rings (SSSR count). The van der Waals surface area contributed by atoms with Crippen molar-refractivity contribution in [2.24, 2.45) is 0 Å². The highest BCUT2D eigenvalue weighted by Gasteiger charge is 2.05. The highest BCUT2D eigenvalue weighted by molar-refractivity contribution is 5.49. The van der Waals surface area contributed by atoms with Crippen molar-refractivity contribution in [1.29, 1.82) is 0 Å². The zero-order valence-corrected chi connectivity index (χ0v) is 19.3. The molecule has 0 fully saturated rings. The summed E-state index contributed by atoms with van der Waals surface area (Å²) in [4.78, 5) is 4.43. The Labute approximate surface area is 187 Å². The minimum atomic E-state index is 0.0462. The van der Waals surface area contributed by atoms with Crippen LogP contribution in [0.25, 0.3) is 0 Å². The fourth-order valence-electron chi connectivity index (χ4n) is 3.22. The molecule has 0 bridgehead atoms. The van der Waals surface area contributed by atoms with Crippen LogP contribution >= 0.6 is 0 Å². The van der Waals surface area contributed by atoms with Crippen LogP contribution in [0.5, 0.6) is 0 Å².